The van der Waals surface area contributed by atoms with Gasteiger partial charge in [0, 0.05) is 48.0 Å². The number of aromatic nitrogens is 2. The predicted molar refractivity (Wildman–Crippen MR) is 115 cm³/mol. The van der Waals surface area contributed by atoms with Crippen LogP contribution in [-0.2, 0) is 7.05 Å². The summed E-state index contributed by atoms with van der Waals surface area (Å²) in [5.74, 6) is -0.124. The van der Waals surface area contributed by atoms with Crippen molar-refractivity contribution in [2.75, 3.05) is 27.2 Å². The minimum absolute atomic E-state index is 0.124. The number of carbonyl (C=O) groups is 1. The van der Waals surface area contributed by atoms with Crippen LogP contribution in [0.3, 0.4) is 0 Å². The van der Waals surface area contributed by atoms with E-state index in [-0.39, 0.29) is 5.91 Å². The van der Waals surface area contributed by atoms with Gasteiger partial charge in [0.15, 0.2) is 0 Å². The van der Waals surface area contributed by atoms with Crippen LogP contribution in [0.4, 0.5) is 0 Å². The van der Waals surface area contributed by atoms with Crippen LogP contribution in [-0.4, -0.2) is 47.5 Å². The van der Waals surface area contributed by atoms with Crippen molar-refractivity contribution in [3.63, 3.8) is 0 Å². The maximum Gasteiger partial charge on any atom is 0.270 e. The number of aryl methyl sites for hydroxylation is 3. The number of likely N-dealkylation sites (N-methyl/N-ethyl adjacent to an activating group) is 1. The number of carbonyl (C=O) groups excluding carboxylic acids is 1. The molecule has 143 valence electrons. The molecule has 5 heteroatoms. The average molecular weight is 373 g/mol. The smallest absolute Gasteiger partial charge is 0.270 e. The maximum atomic E-state index is 12.9. The van der Waals surface area contributed by atoms with E-state index in [2.05, 4.69) is 47.9 Å². The molecule has 5 nitrogen and oxygen atoms in total. The molecule has 0 aliphatic rings. The number of fused-ring (bicyclic) bond motifs is 4. The van der Waals surface area contributed by atoms with Crippen LogP contribution in [0.2, 0.25) is 0 Å². The van der Waals surface area contributed by atoms with Crippen molar-refractivity contribution in [3.8, 4) is 0 Å². The maximum absolute atomic E-state index is 12.9. The summed E-state index contributed by atoms with van der Waals surface area (Å²) in [6, 6.07) is 11.3. The first-order chi connectivity index (χ1) is 13.4. The van der Waals surface area contributed by atoms with Gasteiger partial charge < -0.3 is 14.8 Å². The Morgan fingerprint density at radius 3 is 2.71 bits per heavy atom. The van der Waals surface area contributed by atoms with Gasteiger partial charge in [-0.3, -0.25) is 9.78 Å². The van der Waals surface area contributed by atoms with Crippen molar-refractivity contribution in [1.29, 1.82) is 0 Å². The van der Waals surface area contributed by atoms with E-state index in [1.807, 2.05) is 37.2 Å². The highest BCUT2D eigenvalue weighted by Gasteiger charge is 2.21. The zero-order chi connectivity index (χ0) is 20.0. The number of pyridine rings is 1. The lowest BCUT2D eigenvalue weighted by Crippen LogP contribution is -2.32. The minimum Gasteiger partial charge on any atom is -0.349 e. The van der Waals surface area contributed by atoms with Crippen molar-refractivity contribution in [3.05, 3.63) is 53.3 Å². The molecule has 1 N–H and O–H groups in total. The molecule has 0 saturated carbocycles. The summed E-state index contributed by atoms with van der Waals surface area (Å²) in [4.78, 5) is 19.4. The first kappa shape index (κ1) is 18.4. The largest absolute Gasteiger partial charge is 0.349 e. The number of hydrogen-bond acceptors (Lipinski definition) is 3. The van der Waals surface area contributed by atoms with Crippen LogP contribution < -0.4 is 5.32 Å². The quantitative estimate of drug-likeness (QED) is 0.595. The lowest BCUT2D eigenvalue weighted by molar-refractivity contribution is 0.0948. The zero-order valence-corrected chi connectivity index (χ0v) is 17.1. The number of benzene rings is 2. The van der Waals surface area contributed by atoms with E-state index in [1.165, 1.54) is 22.0 Å². The summed E-state index contributed by atoms with van der Waals surface area (Å²) in [6.45, 7) is 5.60. The SMILES string of the molecule is Cc1c2c(C(=O)NCCN(C)C)nccc2c(C)c2c1c1c[c]ccc1n2C. The summed E-state index contributed by atoms with van der Waals surface area (Å²) in [5, 5.41) is 7.35. The lowest BCUT2D eigenvalue weighted by Gasteiger charge is -2.15. The Kier molecular flexibility index (Phi) is 4.55. The Morgan fingerprint density at radius 1 is 1.18 bits per heavy atom. The van der Waals surface area contributed by atoms with Crippen LogP contribution in [0.5, 0.6) is 0 Å². The molecule has 28 heavy (non-hydrogen) atoms. The van der Waals surface area contributed by atoms with E-state index in [1.54, 1.807) is 6.20 Å². The van der Waals surface area contributed by atoms with E-state index < -0.39 is 0 Å². The lowest BCUT2D eigenvalue weighted by atomic mass is 9.94. The number of amides is 1. The number of nitrogens with zero attached hydrogens (tertiary/aromatic N) is 3. The zero-order valence-electron chi connectivity index (χ0n) is 17.1. The predicted octanol–water partition coefficient (Wildman–Crippen LogP) is 3.59. The summed E-state index contributed by atoms with van der Waals surface area (Å²) in [5.41, 5.74) is 5.12. The Bertz CT molecular complexity index is 1220. The fraction of sp³-hybridized carbons (Fsp3) is 0.304. The van der Waals surface area contributed by atoms with Gasteiger partial charge in [0.1, 0.15) is 5.69 Å². The van der Waals surface area contributed by atoms with E-state index in [4.69, 9.17) is 0 Å². The Balaban J connectivity index is 2.00. The second-order valence-electron chi connectivity index (χ2n) is 7.62. The number of nitrogens with one attached hydrogen (secondary N) is 1. The molecule has 4 aromatic rings. The van der Waals surface area contributed by atoms with E-state index >= 15 is 0 Å². The highest BCUT2D eigenvalue weighted by atomic mass is 16.1. The van der Waals surface area contributed by atoms with Crippen molar-refractivity contribution in [2.24, 2.45) is 7.05 Å². The van der Waals surface area contributed by atoms with Crippen LogP contribution in [0.25, 0.3) is 32.6 Å². The third-order valence-corrected chi connectivity index (χ3v) is 5.56. The highest BCUT2D eigenvalue weighted by molar-refractivity contribution is 6.19. The molecule has 0 bridgehead atoms. The number of rotatable bonds is 4. The monoisotopic (exact) mass is 373 g/mol. The molecule has 0 fully saturated rings. The first-order valence-electron chi connectivity index (χ1n) is 9.50. The molecule has 2 aromatic carbocycles. The Hall–Kier alpha value is -2.92. The first-order valence-corrected chi connectivity index (χ1v) is 9.50. The van der Waals surface area contributed by atoms with E-state index in [9.17, 15) is 4.79 Å². The normalized spacial score (nSPS) is 11.8. The Morgan fingerprint density at radius 2 is 1.96 bits per heavy atom. The molecular weight excluding hydrogens is 348 g/mol. The molecule has 0 spiro atoms. The molecule has 2 heterocycles. The average Bonchev–Trinajstić information content (AvgIpc) is 2.98. The molecule has 1 radical (unpaired) electrons. The standard InChI is InChI=1S/C23H25N4O/c1-14-16-10-11-24-21(23(28)25-12-13-26(3)4)19(16)15(2)20-17-8-6-7-9-18(17)27(5)22(14)20/h7-11H,12-13H2,1-5H3,(H,25,28). The fourth-order valence-corrected chi connectivity index (χ4v) is 4.20. The summed E-state index contributed by atoms with van der Waals surface area (Å²) >= 11 is 0. The van der Waals surface area contributed by atoms with Gasteiger partial charge in [-0.25, -0.2) is 0 Å². The van der Waals surface area contributed by atoms with E-state index in [0.717, 1.165) is 28.3 Å². The molecule has 4 rings (SSSR count). The topological polar surface area (TPSA) is 50.2 Å². The van der Waals surface area contributed by atoms with Gasteiger partial charge in [-0.1, -0.05) is 6.07 Å². The van der Waals surface area contributed by atoms with E-state index in [0.29, 0.717) is 12.2 Å². The Labute approximate surface area is 165 Å². The highest BCUT2D eigenvalue weighted by Crippen LogP contribution is 2.38. The second kappa shape index (κ2) is 6.91. The van der Waals surface area contributed by atoms with Crippen LogP contribution in [0.15, 0.2) is 30.5 Å². The molecule has 0 aliphatic heterocycles. The molecule has 2 aromatic heterocycles. The van der Waals surface area contributed by atoms with Crippen molar-refractivity contribution >= 4 is 38.5 Å². The van der Waals surface area contributed by atoms with Crippen molar-refractivity contribution < 1.29 is 4.79 Å². The number of hydrogen-bond donors (Lipinski definition) is 1. The van der Waals surface area contributed by atoms with Crippen LogP contribution in [0.1, 0.15) is 21.6 Å². The van der Waals surface area contributed by atoms with Crippen molar-refractivity contribution in [2.45, 2.75) is 13.8 Å². The van der Waals surface area contributed by atoms with Gasteiger partial charge >= 0.3 is 0 Å². The molecule has 0 aliphatic carbocycles. The van der Waals surface area contributed by atoms with Gasteiger partial charge in [0.05, 0.1) is 5.52 Å². The van der Waals surface area contributed by atoms with Crippen LogP contribution in [0, 0.1) is 19.9 Å². The summed E-state index contributed by atoms with van der Waals surface area (Å²) in [6.07, 6.45) is 1.73. The summed E-state index contributed by atoms with van der Waals surface area (Å²) < 4.78 is 2.23. The second-order valence-corrected chi connectivity index (χ2v) is 7.62. The minimum atomic E-state index is -0.124. The van der Waals surface area contributed by atoms with Gasteiger partial charge in [0.2, 0.25) is 0 Å². The third-order valence-electron chi connectivity index (χ3n) is 5.56. The molecule has 1 amide bonds. The molecular formula is C23H25N4O. The summed E-state index contributed by atoms with van der Waals surface area (Å²) in [7, 11) is 6.08. The fourth-order valence-electron chi connectivity index (χ4n) is 4.20. The third kappa shape index (κ3) is 2.74. The molecule has 0 atom stereocenters. The van der Waals surface area contributed by atoms with Gasteiger partial charge in [-0.2, -0.15) is 0 Å². The van der Waals surface area contributed by atoms with Gasteiger partial charge in [-0.15, -0.1) is 0 Å². The van der Waals surface area contributed by atoms with Gasteiger partial charge in [0.25, 0.3) is 5.91 Å². The van der Waals surface area contributed by atoms with Gasteiger partial charge in [-0.05, 0) is 68.7 Å². The molecule has 0 saturated heterocycles. The van der Waals surface area contributed by atoms with Crippen LogP contribution >= 0.6 is 0 Å². The van der Waals surface area contributed by atoms with Crippen molar-refractivity contribution in [1.82, 2.24) is 19.8 Å². The molecule has 0 unspecified atom stereocenters.